The number of aliphatic hydroxyl groups is 1. The van der Waals surface area contributed by atoms with Gasteiger partial charge in [0.25, 0.3) is 0 Å². The third-order valence-electron chi connectivity index (χ3n) is 4.95. The normalized spacial score (nSPS) is 25.7. The molecule has 1 aliphatic rings. The lowest BCUT2D eigenvalue weighted by molar-refractivity contribution is -0.942. The average Bonchev–Trinajstić information content (AvgIpc) is 2.93. The highest BCUT2D eigenvalue weighted by atomic mass is 16.3. The Morgan fingerprint density at radius 2 is 1.77 bits per heavy atom. The number of quaternary nitrogens is 1. The second-order valence-corrected chi connectivity index (χ2v) is 6.55. The first kappa shape index (κ1) is 19.2. The summed E-state index contributed by atoms with van der Waals surface area (Å²) in [5.41, 5.74) is 0. The van der Waals surface area contributed by atoms with Crippen LogP contribution in [0, 0.1) is 0 Å². The lowest BCUT2D eigenvalue weighted by Gasteiger charge is -2.39. The molecule has 3 atom stereocenters. The molecule has 1 heterocycles. The summed E-state index contributed by atoms with van der Waals surface area (Å²) in [4.78, 5) is 0. The van der Waals surface area contributed by atoms with Gasteiger partial charge < -0.3 is 10.4 Å². The standard InChI is InChI=1S/C19H37N2O/c1-4-6-7-8-9-10-11-12-13-14-15-19-20-16-17-21(19,5-2)18(3)22/h8-9,16-20,22H,4-7,10-15H2,1-3H3/q+1/b9-8+. The summed E-state index contributed by atoms with van der Waals surface area (Å²) in [5, 5.41) is 13.5. The maximum atomic E-state index is 10.1. The van der Waals surface area contributed by atoms with Crippen molar-refractivity contribution in [1.29, 1.82) is 0 Å². The van der Waals surface area contributed by atoms with E-state index in [-0.39, 0.29) is 6.23 Å². The van der Waals surface area contributed by atoms with E-state index in [0.717, 1.165) is 13.0 Å². The highest BCUT2D eigenvalue weighted by Crippen LogP contribution is 2.25. The van der Waals surface area contributed by atoms with Crippen LogP contribution in [0.3, 0.4) is 0 Å². The molecule has 0 radical (unpaired) electrons. The van der Waals surface area contributed by atoms with E-state index in [9.17, 15) is 5.11 Å². The Bertz CT molecular complexity index is 338. The molecule has 3 heteroatoms. The zero-order valence-corrected chi connectivity index (χ0v) is 14.9. The summed E-state index contributed by atoms with van der Waals surface area (Å²) < 4.78 is 0.667. The number of rotatable bonds is 12. The molecule has 0 aromatic heterocycles. The van der Waals surface area contributed by atoms with Crippen LogP contribution in [-0.2, 0) is 0 Å². The predicted molar refractivity (Wildman–Crippen MR) is 94.9 cm³/mol. The zero-order chi connectivity index (χ0) is 16.3. The summed E-state index contributed by atoms with van der Waals surface area (Å²) in [6.45, 7) is 7.24. The van der Waals surface area contributed by atoms with Gasteiger partial charge >= 0.3 is 0 Å². The van der Waals surface area contributed by atoms with Crippen molar-refractivity contribution < 1.29 is 9.59 Å². The monoisotopic (exact) mass is 309 g/mol. The number of hydrogen-bond donors (Lipinski definition) is 2. The van der Waals surface area contributed by atoms with E-state index in [2.05, 4.69) is 37.5 Å². The minimum absolute atomic E-state index is 0.338. The van der Waals surface area contributed by atoms with Crippen LogP contribution in [0.2, 0.25) is 0 Å². The van der Waals surface area contributed by atoms with Gasteiger partial charge in [-0.05, 0) is 32.6 Å². The number of aliphatic hydroxyl groups excluding tert-OH is 1. The van der Waals surface area contributed by atoms with Crippen LogP contribution in [0.5, 0.6) is 0 Å². The first-order valence-corrected chi connectivity index (χ1v) is 9.31. The van der Waals surface area contributed by atoms with Gasteiger partial charge in [-0.2, -0.15) is 0 Å². The van der Waals surface area contributed by atoms with Crippen molar-refractivity contribution in [3.8, 4) is 0 Å². The second-order valence-electron chi connectivity index (χ2n) is 6.55. The molecule has 3 nitrogen and oxygen atoms in total. The molecule has 0 fully saturated rings. The molecule has 0 amide bonds. The van der Waals surface area contributed by atoms with Gasteiger partial charge in [-0.3, -0.25) is 4.48 Å². The molecule has 128 valence electrons. The summed E-state index contributed by atoms with van der Waals surface area (Å²) in [6, 6.07) is 0. The highest BCUT2D eigenvalue weighted by Gasteiger charge is 2.40. The first-order chi connectivity index (χ1) is 10.7. The van der Waals surface area contributed by atoms with Crippen molar-refractivity contribution in [2.24, 2.45) is 0 Å². The van der Waals surface area contributed by atoms with Gasteiger partial charge in [-0.15, -0.1) is 0 Å². The Hall–Kier alpha value is -0.800. The molecular formula is C19H37N2O+. The molecule has 0 saturated carbocycles. The van der Waals surface area contributed by atoms with Crippen molar-refractivity contribution in [2.75, 3.05) is 6.54 Å². The summed E-state index contributed by atoms with van der Waals surface area (Å²) in [5.74, 6) is 0. The van der Waals surface area contributed by atoms with Crippen LogP contribution < -0.4 is 5.32 Å². The molecule has 1 rings (SSSR count). The van der Waals surface area contributed by atoms with Crippen LogP contribution in [0.4, 0.5) is 0 Å². The molecule has 0 aromatic carbocycles. The molecule has 2 N–H and O–H groups in total. The van der Waals surface area contributed by atoms with Crippen molar-refractivity contribution in [2.45, 2.75) is 91.0 Å². The van der Waals surface area contributed by atoms with Gasteiger partial charge in [0.1, 0.15) is 6.20 Å². The molecule has 0 saturated heterocycles. The van der Waals surface area contributed by atoms with E-state index in [0.29, 0.717) is 10.6 Å². The molecule has 22 heavy (non-hydrogen) atoms. The van der Waals surface area contributed by atoms with E-state index in [1.165, 1.54) is 51.4 Å². The molecule has 0 spiro atoms. The number of hydrogen-bond acceptors (Lipinski definition) is 2. The van der Waals surface area contributed by atoms with Gasteiger partial charge in [0, 0.05) is 13.3 Å². The fourth-order valence-corrected chi connectivity index (χ4v) is 3.35. The first-order valence-electron chi connectivity index (χ1n) is 9.31. The van der Waals surface area contributed by atoms with Crippen LogP contribution in [0.15, 0.2) is 24.6 Å². The summed E-state index contributed by atoms with van der Waals surface area (Å²) in [7, 11) is 0. The van der Waals surface area contributed by atoms with Crippen LogP contribution in [0.25, 0.3) is 0 Å². The van der Waals surface area contributed by atoms with Gasteiger partial charge in [-0.1, -0.05) is 44.8 Å². The predicted octanol–water partition coefficient (Wildman–Crippen LogP) is 4.65. The third kappa shape index (κ3) is 5.77. The zero-order valence-electron chi connectivity index (χ0n) is 14.9. The van der Waals surface area contributed by atoms with Crippen molar-refractivity contribution in [1.82, 2.24) is 5.32 Å². The van der Waals surface area contributed by atoms with Crippen molar-refractivity contribution >= 4 is 0 Å². The maximum absolute atomic E-state index is 10.1. The second kappa shape index (κ2) is 10.8. The van der Waals surface area contributed by atoms with Gasteiger partial charge in [0.15, 0.2) is 12.4 Å². The molecule has 1 aliphatic heterocycles. The summed E-state index contributed by atoms with van der Waals surface area (Å²) >= 11 is 0. The van der Waals surface area contributed by atoms with Crippen LogP contribution >= 0.6 is 0 Å². The average molecular weight is 310 g/mol. The summed E-state index contributed by atoms with van der Waals surface area (Å²) in [6.07, 6.45) is 20.2. The third-order valence-corrected chi connectivity index (χ3v) is 4.95. The minimum Gasteiger partial charge on any atom is -0.345 e. The van der Waals surface area contributed by atoms with Crippen LogP contribution in [0.1, 0.15) is 78.6 Å². The van der Waals surface area contributed by atoms with Gasteiger partial charge in [0.05, 0.1) is 12.7 Å². The van der Waals surface area contributed by atoms with E-state index >= 15 is 0 Å². The Morgan fingerprint density at radius 3 is 2.41 bits per heavy atom. The Balaban J connectivity index is 2.11. The topological polar surface area (TPSA) is 32.3 Å². The van der Waals surface area contributed by atoms with Crippen molar-refractivity contribution in [3.63, 3.8) is 0 Å². The van der Waals surface area contributed by atoms with Gasteiger partial charge in [-0.25, -0.2) is 0 Å². The highest BCUT2D eigenvalue weighted by molar-refractivity contribution is 4.85. The number of unbranched alkanes of at least 4 members (excludes halogenated alkanes) is 6. The number of nitrogens with one attached hydrogen (secondary N) is 1. The molecular weight excluding hydrogens is 272 g/mol. The van der Waals surface area contributed by atoms with E-state index in [4.69, 9.17) is 0 Å². The number of nitrogens with zero attached hydrogens (tertiary/aromatic N) is 1. The lowest BCUT2D eigenvalue weighted by Crippen LogP contribution is -2.57. The molecule has 0 aromatic rings. The van der Waals surface area contributed by atoms with Gasteiger partial charge in [0.2, 0.25) is 0 Å². The molecule has 3 unspecified atom stereocenters. The quantitative estimate of drug-likeness (QED) is 0.312. The fraction of sp³-hybridized carbons (Fsp3) is 0.789. The van der Waals surface area contributed by atoms with Crippen LogP contribution in [-0.4, -0.2) is 28.5 Å². The Labute approximate surface area is 137 Å². The molecule has 0 bridgehead atoms. The fourth-order valence-electron chi connectivity index (χ4n) is 3.35. The largest absolute Gasteiger partial charge is 0.345 e. The number of allylic oxidation sites excluding steroid dienone is 2. The Kier molecular flexibility index (Phi) is 9.49. The van der Waals surface area contributed by atoms with E-state index in [1.807, 2.05) is 13.1 Å². The van der Waals surface area contributed by atoms with E-state index < -0.39 is 0 Å². The SMILES string of the molecule is CCCC/C=C/CCCCCCC1NC=C[N+]1(CC)C(C)O. The minimum atomic E-state index is -0.338. The maximum Gasteiger partial charge on any atom is 0.193 e. The lowest BCUT2D eigenvalue weighted by atomic mass is 10.1. The Morgan fingerprint density at radius 1 is 1.09 bits per heavy atom. The smallest absolute Gasteiger partial charge is 0.193 e. The molecule has 0 aliphatic carbocycles. The van der Waals surface area contributed by atoms with Crippen molar-refractivity contribution in [3.05, 3.63) is 24.6 Å². The van der Waals surface area contributed by atoms with E-state index in [1.54, 1.807) is 0 Å².